The van der Waals surface area contributed by atoms with Crippen LogP contribution in [-0.4, -0.2) is 21.3 Å². The fourth-order valence-electron chi connectivity index (χ4n) is 2.29. The molecule has 6 nitrogen and oxygen atoms in total. The lowest BCUT2D eigenvalue weighted by Gasteiger charge is -2.23. The number of hydrogen-bond donors (Lipinski definition) is 0. The molecule has 1 aliphatic heterocycles. The van der Waals surface area contributed by atoms with Crippen molar-refractivity contribution in [3.8, 4) is 0 Å². The highest BCUT2D eigenvalue weighted by Crippen LogP contribution is 2.28. The molecule has 1 aromatic heterocycles. The van der Waals surface area contributed by atoms with Crippen molar-refractivity contribution in [3.63, 3.8) is 0 Å². The topological polar surface area (TPSA) is 70.2 Å². The molecule has 1 fully saturated rings. The average molecular weight is 247 g/mol. The molecule has 1 atom stereocenters. The summed E-state index contributed by atoms with van der Waals surface area (Å²) in [6, 6.07) is 4.77. The van der Waals surface area contributed by atoms with Gasteiger partial charge in [-0.25, -0.2) is 4.68 Å². The van der Waals surface area contributed by atoms with Gasteiger partial charge in [-0.05, 0) is 25.3 Å². The highest BCUT2D eigenvalue weighted by atomic mass is 16.6. The molecule has 0 spiro atoms. The second-order valence-electron chi connectivity index (χ2n) is 4.41. The number of nitrogens with zero attached hydrogens (tertiary/aromatic N) is 3. The van der Waals surface area contributed by atoms with Crippen molar-refractivity contribution in [2.45, 2.75) is 25.5 Å². The highest BCUT2D eigenvalue weighted by molar-refractivity contribution is 5.81. The van der Waals surface area contributed by atoms with Gasteiger partial charge >= 0.3 is 0 Å². The van der Waals surface area contributed by atoms with E-state index in [1.165, 1.54) is 6.07 Å². The van der Waals surface area contributed by atoms with Crippen LogP contribution in [0.1, 0.15) is 25.5 Å². The quantitative estimate of drug-likeness (QED) is 0.604. The molecule has 0 bridgehead atoms. The van der Waals surface area contributed by atoms with Crippen LogP contribution in [0, 0.1) is 10.1 Å². The van der Waals surface area contributed by atoms with Crippen LogP contribution in [0.3, 0.4) is 0 Å². The first kappa shape index (κ1) is 11.2. The summed E-state index contributed by atoms with van der Waals surface area (Å²) in [5.41, 5.74) is 0.844. The van der Waals surface area contributed by atoms with Gasteiger partial charge in [0.1, 0.15) is 0 Å². The van der Waals surface area contributed by atoms with E-state index in [0.717, 1.165) is 36.8 Å². The molecule has 0 unspecified atom stereocenters. The second kappa shape index (κ2) is 4.38. The normalized spacial score (nSPS) is 20.1. The standard InChI is InChI=1S/C12H13N3O3/c16-15(17)10-5-4-9-8-13-14(11(9)7-10)12-3-1-2-6-18-12/h4-5,7-8,12H,1-3,6H2/t12-/m1/s1. The van der Waals surface area contributed by atoms with Crippen LogP contribution in [0.2, 0.25) is 0 Å². The van der Waals surface area contributed by atoms with Gasteiger partial charge in [-0.2, -0.15) is 5.10 Å². The minimum atomic E-state index is -0.390. The molecular weight excluding hydrogens is 234 g/mol. The molecule has 94 valence electrons. The summed E-state index contributed by atoms with van der Waals surface area (Å²) < 4.78 is 7.41. The Kier molecular flexibility index (Phi) is 2.71. The van der Waals surface area contributed by atoms with Crippen molar-refractivity contribution in [1.29, 1.82) is 0 Å². The zero-order valence-corrected chi connectivity index (χ0v) is 9.78. The lowest BCUT2D eigenvalue weighted by molar-refractivity contribution is -0.384. The van der Waals surface area contributed by atoms with E-state index in [9.17, 15) is 10.1 Å². The Hall–Kier alpha value is -1.95. The summed E-state index contributed by atoms with van der Waals surface area (Å²) >= 11 is 0. The van der Waals surface area contributed by atoms with Crippen molar-refractivity contribution in [2.24, 2.45) is 0 Å². The summed E-state index contributed by atoms with van der Waals surface area (Å²) in [7, 11) is 0. The molecule has 0 saturated carbocycles. The number of hydrogen-bond acceptors (Lipinski definition) is 4. The van der Waals surface area contributed by atoms with Crippen LogP contribution in [0.4, 0.5) is 5.69 Å². The van der Waals surface area contributed by atoms with Gasteiger partial charge in [0.05, 0.1) is 16.6 Å². The molecule has 0 radical (unpaired) electrons. The van der Waals surface area contributed by atoms with Crippen molar-refractivity contribution in [3.05, 3.63) is 34.5 Å². The summed E-state index contributed by atoms with van der Waals surface area (Å²) in [6.07, 6.45) is 4.69. The second-order valence-corrected chi connectivity index (χ2v) is 4.41. The fourth-order valence-corrected chi connectivity index (χ4v) is 2.29. The van der Waals surface area contributed by atoms with Crippen molar-refractivity contribution in [2.75, 3.05) is 6.61 Å². The van der Waals surface area contributed by atoms with E-state index in [2.05, 4.69) is 5.10 Å². The number of nitro benzene ring substituents is 1. The summed E-state index contributed by atoms with van der Waals surface area (Å²) in [5, 5.41) is 16.0. The largest absolute Gasteiger partial charge is 0.356 e. The van der Waals surface area contributed by atoms with Gasteiger partial charge in [-0.15, -0.1) is 0 Å². The Morgan fingerprint density at radius 2 is 2.33 bits per heavy atom. The Morgan fingerprint density at radius 1 is 1.44 bits per heavy atom. The highest BCUT2D eigenvalue weighted by Gasteiger charge is 2.19. The maximum Gasteiger partial charge on any atom is 0.271 e. The van der Waals surface area contributed by atoms with Crippen LogP contribution in [-0.2, 0) is 4.74 Å². The van der Waals surface area contributed by atoms with E-state index in [1.807, 2.05) is 0 Å². The number of rotatable bonds is 2. The van der Waals surface area contributed by atoms with Gasteiger partial charge in [-0.1, -0.05) is 0 Å². The monoisotopic (exact) mass is 247 g/mol. The van der Waals surface area contributed by atoms with E-state index in [-0.39, 0.29) is 11.9 Å². The molecule has 0 N–H and O–H groups in total. The molecule has 1 aliphatic rings. The SMILES string of the molecule is O=[N+]([O-])c1ccc2cnn([C@H]3CCCCO3)c2c1. The number of non-ortho nitro benzene ring substituents is 1. The molecule has 3 rings (SSSR count). The first-order valence-corrected chi connectivity index (χ1v) is 5.99. The van der Waals surface area contributed by atoms with Crippen molar-refractivity contribution >= 4 is 16.6 Å². The van der Waals surface area contributed by atoms with Crippen LogP contribution < -0.4 is 0 Å². The number of fused-ring (bicyclic) bond motifs is 1. The number of benzene rings is 1. The average Bonchev–Trinajstić information content (AvgIpc) is 2.82. The number of ether oxygens (including phenoxy) is 1. The van der Waals surface area contributed by atoms with Crippen LogP contribution >= 0.6 is 0 Å². The molecule has 2 aromatic rings. The summed E-state index contributed by atoms with van der Waals surface area (Å²) in [4.78, 5) is 10.4. The maximum absolute atomic E-state index is 10.8. The Balaban J connectivity index is 2.05. The summed E-state index contributed by atoms with van der Waals surface area (Å²) in [6.45, 7) is 0.723. The summed E-state index contributed by atoms with van der Waals surface area (Å²) in [5.74, 6) is 0. The van der Waals surface area contributed by atoms with E-state index >= 15 is 0 Å². The third kappa shape index (κ3) is 1.84. The fraction of sp³-hybridized carbons (Fsp3) is 0.417. The predicted octanol–water partition coefficient (Wildman–Crippen LogP) is 2.64. The Bertz CT molecular complexity index is 587. The minimum Gasteiger partial charge on any atom is -0.356 e. The molecule has 1 aromatic carbocycles. The molecule has 0 aliphatic carbocycles. The molecular formula is C12H13N3O3. The van der Waals surface area contributed by atoms with Crippen LogP contribution in [0.25, 0.3) is 10.9 Å². The Labute approximate surface area is 103 Å². The lowest BCUT2D eigenvalue weighted by atomic mass is 10.2. The van der Waals surface area contributed by atoms with Gasteiger partial charge < -0.3 is 4.74 Å². The molecule has 2 heterocycles. The van der Waals surface area contributed by atoms with E-state index < -0.39 is 4.92 Å². The van der Waals surface area contributed by atoms with E-state index in [0.29, 0.717) is 0 Å². The zero-order chi connectivity index (χ0) is 12.5. The molecule has 0 amide bonds. The van der Waals surface area contributed by atoms with Gasteiger partial charge in [0, 0.05) is 24.1 Å². The molecule has 1 saturated heterocycles. The van der Waals surface area contributed by atoms with Crippen LogP contribution in [0.15, 0.2) is 24.4 Å². The third-order valence-electron chi connectivity index (χ3n) is 3.22. The third-order valence-corrected chi connectivity index (χ3v) is 3.22. The zero-order valence-electron chi connectivity index (χ0n) is 9.78. The Morgan fingerprint density at radius 3 is 3.06 bits per heavy atom. The maximum atomic E-state index is 10.8. The van der Waals surface area contributed by atoms with Gasteiger partial charge in [0.15, 0.2) is 6.23 Å². The number of aromatic nitrogens is 2. The number of nitro groups is 1. The van der Waals surface area contributed by atoms with E-state index in [1.54, 1.807) is 23.0 Å². The van der Waals surface area contributed by atoms with Crippen molar-refractivity contribution < 1.29 is 9.66 Å². The van der Waals surface area contributed by atoms with Crippen molar-refractivity contribution in [1.82, 2.24) is 9.78 Å². The van der Waals surface area contributed by atoms with Gasteiger partial charge in [0.25, 0.3) is 5.69 Å². The smallest absolute Gasteiger partial charge is 0.271 e. The minimum absolute atomic E-state index is 0.0834. The predicted molar refractivity (Wildman–Crippen MR) is 65.2 cm³/mol. The molecule has 6 heteroatoms. The van der Waals surface area contributed by atoms with E-state index in [4.69, 9.17) is 4.74 Å². The lowest BCUT2D eigenvalue weighted by Crippen LogP contribution is -2.18. The van der Waals surface area contributed by atoms with Gasteiger partial charge in [-0.3, -0.25) is 10.1 Å². The first-order valence-electron chi connectivity index (χ1n) is 5.99. The first-order chi connectivity index (χ1) is 8.75. The molecule has 18 heavy (non-hydrogen) atoms. The van der Waals surface area contributed by atoms with Gasteiger partial charge in [0.2, 0.25) is 0 Å². The van der Waals surface area contributed by atoms with Crippen LogP contribution in [0.5, 0.6) is 0 Å².